The normalized spacial score (nSPS) is 26.7. The Morgan fingerprint density at radius 1 is 0.697 bits per heavy atom. The lowest BCUT2D eigenvalue weighted by atomic mass is 9.78. The Labute approximate surface area is 785 Å². The van der Waals surface area contributed by atoms with Crippen molar-refractivity contribution in [3.8, 4) is 11.3 Å². The van der Waals surface area contributed by atoms with E-state index in [1.807, 2.05) is 106 Å². The molecule has 16 atom stereocenters. The number of hydrogen-bond donors (Lipinski definition) is 4. The van der Waals surface area contributed by atoms with Gasteiger partial charge in [-0.15, -0.1) is 0 Å². The first-order valence-corrected chi connectivity index (χ1v) is 47.8. The van der Waals surface area contributed by atoms with E-state index in [0.717, 1.165) is 67.6 Å². The van der Waals surface area contributed by atoms with Gasteiger partial charge in [0.15, 0.2) is 22.1 Å². The zero-order valence-corrected chi connectivity index (χ0v) is 81.6. The van der Waals surface area contributed by atoms with Gasteiger partial charge in [-0.1, -0.05) is 96.2 Å². The van der Waals surface area contributed by atoms with E-state index >= 15 is 0 Å². The molecule has 1 aliphatic carbocycles. The third-order valence-electron chi connectivity index (χ3n) is 25.2. The van der Waals surface area contributed by atoms with Gasteiger partial charge in [0, 0.05) is 124 Å². The predicted octanol–water partition coefficient (Wildman–Crippen LogP) is 13.1. The molecule has 33 heteroatoms. The van der Waals surface area contributed by atoms with Gasteiger partial charge in [-0.25, -0.2) is 19.4 Å². The molecule has 3 aromatic heterocycles. The molecule has 7 heterocycles. The first-order chi connectivity index (χ1) is 63.6. The average Bonchev–Trinajstić information content (AvgIpc) is 1.63. The van der Waals surface area contributed by atoms with Gasteiger partial charge in [-0.05, 0) is 187 Å². The molecule has 0 spiro atoms. The standard InChI is InChI=1S/C57H91NO14S.C29H32N8O4.C13H28O5/c1-35-19-14-13-15-20-36(2)46(66-9)33-43-25-23-41(7)57(64,72-43)54(61)55(62)58-27-17-16-21-44(58)56(63)71-48(34-47(67-10)37(3)30-40(6)52(60)53(69-12)51(59)39(5)29-35)38(4)31-42-24-26-45(49(32-42)68-11)70-50(73)22-18-28-65-8;1-2-39-11-12-40-10-8-24(38)36-9-7-19-13-18(3-4-21(19)16-36)15-37-28-25(27(30)32-17-33-28)26(35-37)20-5-6-23-22(14-20)34-29(31)41-23;1-3-5-15-8-9-17-12-13-18-11-10-16-7-6-14-4-2/h13-15,19-20,30,35,37-39,41-49,52-53,60,64H,16-18,21-29,31-34H2,1-12H3;3-6,13-14,17H,2,7-12,15-16H2,1H3,(H2,31,34)(H2,30,32,33);3-13H2,1-2H3/b15-13+,19-14+,36-20+,40-30+;;/t35-,37-,38-,39-,41-,42+,43+,44+,45-,46+,47-,48+,49-,52-,53+,57-;;/m1../s1. The van der Waals surface area contributed by atoms with Gasteiger partial charge >= 0.3 is 5.97 Å². The Morgan fingerprint density at radius 2 is 1.39 bits per heavy atom. The molecule has 5 aromatic rings. The summed E-state index contributed by atoms with van der Waals surface area (Å²) in [5.74, 6) is -6.25. The number of allylic oxidation sites excluding steroid dienone is 5. The number of nitrogens with two attached hydrogens (primary N) is 2. The number of Topliss-reactive ketones (excluding diaryl/α,β-unsaturated/α-hetero) is 2. The second-order valence-electron chi connectivity index (χ2n) is 35.1. The predicted molar refractivity (Wildman–Crippen MR) is 507 cm³/mol. The van der Waals surface area contributed by atoms with Crippen LogP contribution in [0.2, 0.25) is 0 Å². The Morgan fingerprint density at radius 3 is 2.05 bits per heavy atom. The molecular weight excluding hydrogens is 1720 g/mol. The fourth-order valence-corrected chi connectivity index (χ4v) is 17.9. The molecule has 0 radical (unpaired) electrons. The number of amides is 2. The summed E-state index contributed by atoms with van der Waals surface area (Å²) < 4.78 is 92.3. The van der Waals surface area contributed by atoms with Gasteiger partial charge < -0.3 is 107 Å². The van der Waals surface area contributed by atoms with Crippen LogP contribution >= 0.6 is 12.2 Å². The molecule has 5 aliphatic rings. The lowest BCUT2D eigenvalue weighted by Crippen LogP contribution is -2.61. The molecular formula is C99H151N9O23S. The number of ketones is 2. The number of rotatable bonds is 37. The SMILES string of the molecule is CCCOCCOCCOCCOCCOCC.CCOCCOCCC(=O)N1CCc2cc(Cn3nc(-c4ccc5oc(N)nc5c4)c4c(N)ncnc43)ccc2C1.COCCCC(=S)O[C@@H]1CC[C@@H](C[C@@H](C)[C@@H]2C[C@@H](OC)[C@H](C)/C=C(\C)[C@@H](O)[C@@H](OC)C(=O)[C@H](C)C[C@H](C)/C=C/C=C/C=C(\C)[C@@H](OC)C[C@@H]3CC[C@@H](C)[C@@](O)(O3)C(=O)C(=O)N3CCCC[C@H]3C(=O)O2)C[C@H]1OC. The van der Waals surface area contributed by atoms with Crippen molar-refractivity contribution < 1.29 is 110 Å². The minimum absolute atomic E-state index is 0.0419. The van der Waals surface area contributed by atoms with Crippen LogP contribution in [0.5, 0.6) is 0 Å². The maximum Gasteiger partial charge on any atom is 0.329 e. The highest BCUT2D eigenvalue weighted by Crippen LogP contribution is 2.40. The topological polar surface area (TPSA) is 392 Å². The minimum atomic E-state index is -2.41. The van der Waals surface area contributed by atoms with E-state index in [4.69, 9.17) is 104 Å². The summed E-state index contributed by atoms with van der Waals surface area (Å²) in [6, 6.07) is 11.0. The highest BCUT2D eigenvalue weighted by molar-refractivity contribution is 7.80. The number of piperidine rings is 1. The van der Waals surface area contributed by atoms with Crippen molar-refractivity contribution in [2.24, 2.45) is 35.5 Å². The molecule has 2 aromatic carbocycles. The molecule has 2 saturated heterocycles. The molecule has 3 fully saturated rings. The summed E-state index contributed by atoms with van der Waals surface area (Å²) in [4.78, 5) is 86.2. The summed E-state index contributed by atoms with van der Waals surface area (Å²) in [7, 11) is 7.96. The van der Waals surface area contributed by atoms with Gasteiger partial charge in [0.25, 0.3) is 17.7 Å². The van der Waals surface area contributed by atoms with Crippen molar-refractivity contribution in [3.05, 3.63) is 107 Å². The summed E-state index contributed by atoms with van der Waals surface area (Å²) in [5.41, 5.74) is 20.3. The zero-order chi connectivity index (χ0) is 95.7. The van der Waals surface area contributed by atoms with Crippen molar-refractivity contribution in [1.29, 1.82) is 0 Å². The number of nitrogen functional groups attached to an aromatic ring is 2. The second-order valence-corrected chi connectivity index (χ2v) is 35.6. The molecule has 736 valence electrons. The summed E-state index contributed by atoms with van der Waals surface area (Å²) in [6.45, 7) is 30.5. The number of anilines is 2. The number of aliphatic hydroxyl groups is 2. The van der Waals surface area contributed by atoms with Gasteiger partial charge in [-0.3, -0.25) is 19.2 Å². The third-order valence-corrected chi connectivity index (χ3v) is 25.5. The number of aromatic nitrogens is 5. The molecule has 132 heavy (non-hydrogen) atoms. The second kappa shape index (κ2) is 57.8. The highest BCUT2D eigenvalue weighted by atomic mass is 32.1. The Bertz CT molecular complexity index is 4470. The van der Waals surface area contributed by atoms with Crippen LogP contribution in [0.4, 0.5) is 11.8 Å². The number of ether oxygens (including phenoxy) is 15. The first-order valence-electron chi connectivity index (χ1n) is 47.4. The molecule has 32 nitrogen and oxygen atoms in total. The lowest BCUT2D eigenvalue weighted by Gasteiger charge is -2.43. The van der Waals surface area contributed by atoms with Crippen molar-refractivity contribution in [1.82, 2.24) is 34.5 Å². The van der Waals surface area contributed by atoms with Crippen molar-refractivity contribution in [2.45, 2.75) is 252 Å². The summed E-state index contributed by atoms with van der Waals surface area (Å²) in [6.07, 6.45) is 18.2. The van der Waals surface area contributed by atoms with E-state index in [0.29, 0.717) is 214 Å². The molecule has 6 N–H and O–H groups in total. The van der Waals surface area contributed by atoms with Crippen molar-refractivity contribution in [3.63, 3.8) is 0 Å². The summed E-state index contributed by atoms with van der Waals surface area (Å²) >= 11 is 5.56. The third kappa shape index (κ3) is 33.5. The van der Waals surface area contributed by atoms with E-state index in [1.165, 1.54) is 23.9 Å². The number of benzene rings is 2. The van der Waals surface area contributed by atoms with Gasteiger partial charge in [0.2, 0.25) is 11.7 Å². The van der Waals surface area contributed by atoms with Crippen LogP contribution in [0, 0.1) is 35.5 Å². The number of carbonyl (C=O) groups excluding carboxylic acids is 5. The number of nitrogens with zero attached hydrogens (tertiary/aromatic N) is 7. The number of esters is 1. The highest BCUT2D eigenvalue weighted by Gasteiger charge is 2.53. The minimum Gasteiger partial charge on any atom is -0.481 e. The number of oxazole rings is 1. The molecule has 2 amide bonds. The Hall–Kier alpha value is -7.94. The number of aliphatic hydroxyl groups excluding tert-OH is 1. The quantitative estimate of drug-likeness (QED) is 0.00943. The first kappa shape index (κ1) is 109. The van der Waals surface area contributed by atoms with Gasteiger partial charge in [-0.2, -0.15) is 10.1 Å². The number of fused-ring (bicyclic) bond motifs is 6. The zero-order valence-electron chi connectivity index (χ0n) is 80.8. The fourth-order valence-electron chi connectivity index (χ4n) is 17.6. The van der Waals surface area contributed by atoms with Crippen LogP contribution in [0.3, 0.4) is 0 Å². The maximum atomic E-state index is 14.7. The fraction of sp³-hybridized carbons (Fsp3) is 0.677. The van der Waals surface area contributed by atoms with Gasteiger partial charge in [0.05, 0.1) is 115 Å². The van der Waals surface area contributed by atoms with Crippen LogP contribution in [-0.2, 0) is 115 Å². The van der Waals surface area contributed by atoms with Crippen LogP contribution in [0.15, 0.2) is 94.7 Å². The van der Waals surface area contributed by atoms with E-state index in [9.17, 15) is 34.2 Å². The van der Waals surface area contributed by atoms with E-state index in [2.05, 4.69) is 47.0 Å². The van der Waals surface area contributed by atoms with Crippen LogP contribution in [0.25, 0.3) is 33.4 Å². The monoisotopic (exact) mass is 1870 g/mol. The molecule has 0 unspecified atom stereocenters. The average molecular weight is 1870 g/mol. The van der Waals surface area contributed by atoms with Crippen LogP contribution in [-0.4, -0.2) is 288 Å². The molecule has 1 saturated carbocycles. The number of thiocarbonyl (C=S) groups is 1. The maximum absolute atomic E-state index is 14.7. The number of cyclic esters (lactones) is 1. The van der Waals surface area contributed by atoms with E-state index in [1.54, 1.807) is 42.3 Å². The van der Waals surface area contributed by atoms with Crippen LogP contribution < -0.4 is 11.5 Å². The van der Waals surface area contributed by atoms with E-state index in [-0.39, 0.29) is 73.0 Å². The molecule has 10 rings (SSSR count). The smallest absolute Gasteiger partial charge is 0.329 e. The molecule has 4 aliphatic heterocycles. The van der Waals surface area contributed by atoms with Crippen molar-refractivity contribution in [2.75, 3.05) is 159 Å². The number of carbonyl (C=O) groups is 5. The Kier molecular flexibility index (Phi) is 47.9. The molecule has 2 bridgehead atoms. The van der Waals surface area contributed by atoms with Gasteiger partial charge in [0.1, 0.15) is 53.8 Å². The lowest BCUT2D eigenvalue weighted by molar-refractivity contribution is -0.265. The Balaban J connectivity index is 0.000000300. The van der Waals surface area contributed by atoms with Crippen molar-refractivity contribution >= 4 is 80.6 Å². The number of hydrogen-bond acceptors (Lipinski definition) is 30. The van der Waals surface area contributed by atoms with Crippen LogP contribution in [0.1, 0.15) is 189 Å². The van der Waals surface area contributed by atoms with E-state index < -0.39 is 77.9 Å². The largest absolute Gasteiger partial charge is 0.481 e. The number of methoxy groups -OCH3 is 5. The summed E-state index contributed by atoms with van der Waals surface area (Å²) in [5, 5.41) is 29.9.